The van der Waals surface area contributed by atoms with Gasteiger partial charge in [0.2, 0.25) is 5.91 Å². The van der Waals surface area contributed by atoms with E-state index < -0.39 is 9.84 Å². The van der Waals surface area contributed by atoms with Gasteiger partial charge in [0, 0.05) is 18.2 Å². The fourth-order valence-electron chi connectivity index (χ4n) is 2.35. The normalized spacial score (nSPS) is 21.2. The maximum Gasteiger partial charge on any atom is 0.226 e. The lowest BCUT2D eigenvalue weighted by Gasteiger charge is -2.28. The molecule has 0 radical (unpaired) electrons. The van der Waals surface area contributed by atoms with Crippen molar-refractivity contribution < 1.29 is 18.3 Å². The van der Waals surface area contributed by atoms with Gasteiger partial charge < -0.3 is 10.0 Å². The molecule has 1 fully saturated rings. The fraction of sp³-hybridized carbons (Fsp3) is 0.462. The van der Waals surface area contributed by atoms with E-state index in [0.717, 1.165) is 0 Å². The number of amides is 1. The molecule has 1 saturated heterocycles. The van der Waals surface area contributed by atoms with Crippen LogP contribution in [0.15, 0.2) is 24.3 Å². The van der Waals surface area contributed by atoms with Gasteiger partial charge in [-0.15, -0.1) is 0 Å². The van der Waals surface area contributed by atoms with E-state index in [1.54, 1.807) is 19.1 Å². The molecule has 2 rings (SSSR count). The monoisotopic (exact) mass is 283 g/mol. The molecule has 0 bridgehead atoms. The van der Waals surface area contributed by atoms with Crippen molar-refractivity contribution in [2.45, 2.75) is 25.8 Å². The van der Waals surface area contributed by atoms with Gasteiger partial charge in [-0.2, -0.15) is 0 Å². The van der Waals surface area contributed by atoms with Gasteiger partial charge in [0.05, 0.1) is 17.5 Å². The van der Waals surface area contributed by atoms with Gasteiger partial charge in [0.25, 0.3) is 0 Å². The number of aromatic hydroxyl groups is 1. The number of nitrogens with zero attached hydrogens (tertiary/aromatic N) is 1. The number of carbonyl (C=O) groups is 1. The summed E-state index contributed by atoms with van der Waals surface area (Å²) in [6.07, 6.45) is 0.746. The van der Waals surface area contributed by atoms with Crippen LogP contribution in [0.3, 0.4) is 0 Å². The topological polar surface area (TPSA) is 74.7 Å². The first kappa shape index (κ1) is 13.9. The number of hydrogen-bond donors (Lipinski definition) is 1. The van der Waals surface area contributed by atoms with Crippen molar-refractivity contribution >= 4 is 21.4 Å². The zero-order valence-electron chi connectivity index (χ0n) is 10.7. The standard InChI is InChI=1S/C13H17NO4S/c1-2-13(16)14(10-4-3-5-12(15)8-10)11-6-7-19(17,18)9-11/h3-5,8,11,15H,2,6-7,9H2,1H3. The first-order valence-corrected chi connectivity index (χ1v) is 8.06. The van der Waals surface area contributed by atoms with E-state index in [-0.39, 0.29) is 29.2 Å². The maximum absolute atomic E-state index is 12.1. The molecule has 1 unspecified atom stereocenters. The van der Waals surface area contributed by atoms with Crippen LogP contribution in [0.25, 0.3) is 0 Å². The van der Waals surface area contributed by atoms with Crippen LogP contribution in [-0.4, -0.2) is 37.0 Å². The molecular weight excluding hydrogens is 266 g/mol. The van der Waals surface area contributed by atoms with Crippen molar-refractivity contribution in [1.82, 2.24) is 0 Å². The number of carbonyl (C=O) groups excluding carboxylic acids is 1. The largest absolute Gasteiger partial charge is 0.508 e. The molecule has 0 aliphatic carbocycles. The van der Waals surface area contributed by atoms with Gasteiger partial charge in [-0.05, 0) is 18.6 Å². The molecule has 0 spiro atoms. The van der Waals surface area contributed by atoms with E-state index in [2.05, 4.69) is 0 Å². The Labute approximate surface area is 112 Å². The number of anilines is 1. The lowest BCUT2D eigenvalue weighted by Crippen LogP contribution is -2.41. The van der Waals surface area contributed by atoms with Crippen molar-refractivity contribution in [2.75, 3.05) is 16.4 Å². The highest BCUT2D eigenvalue weighted by molar-refractivity contribution is 7.91. The van der Waals surface area contributed by atoms with Crippen molar-refractivity contribution in [3.05, 3.63) is 24.3 Å². The van der Waals surface area contributed by atoms with Crippen molar-refractivity contribution in [3.63, 3.8) is 0 Å². The summed E-state index contributed by atoms with van der Waals surface area (Å²) >= 11 is 0. The van der Waals surface area contributed by atoms with Crippen LogP contribution in [0.2, 0.25) is 0 Å². The van der Waals surface area contributed by atoms with Crippen molar-refractivity contribution in [1.29, 1.82) is 0 Å². The zero-order valence-corrected chi connectivity index (χ0v) is 11.6. The second-order valence-electron chi connectivity index (χ2n) is 4.69. The van der Waals surface area contributed by atoms with E-state index in [9.17, 15) is 18.3 Å². The van der Waals surface area contributed by atoms with Crippen LogP contribution in [0.5, 0.6) is 5.75 Å². The van der Waals surface area contributed by atoms with Crippen LogP contribution >= 0.6 is 0 Å². The third-order valence-corrected chi connectivity index (χ3v) is 5.00. The molecule has 0 aromatic heterocycles. The summed E-state index contributed by atoms with van der Waals surface area (Å²) in [5.74, 6) is 0.0400. The predicted molar refractivity (Wildman–Crippen MR) is 72.9 cm³/mol. The van der Waals surface area contributed by atoms with Crippen LogP contribution < -0.4 is 4.90 Å². The Hall–Kier alpha value is -1.56. The summed E-state index contributed by atoms with van der Waals surface area (Å²) in [6, 6.07) is 6.02. The number of phenolic OH excluding ortho intramolecular Hbond substituents is 1. The smallest absolute Gasteiger partial charge is 0.226 e. The predicted octanol–water partition coefficient (Wildman–Crippen LogP) is 1.32. The Bertz CT molecular complexity index is 582. The first-order chi connectivity index (χ1) is 8.93. The summed E-state index contributed by atoms with van der Waals surface area (Å²) in [5, 5.41) is 9.51. The molecule has 1 aliphatic rings. The van der Waals surface area contributed by atoms with E-state index in [4.69, 9.17) is 0 Å². The minimum atomic E-state index is -3.06. The van der Waals surface area contributed by atoms with E-state index in [1.165, 1.54) is 17.0 Å². The molecule has 19 heavy (non-hydrogen) atoms. The first-order valence-electron chi connectivity index (χ1n) is 6.24. The Morgan fingerprint density at radius 1 is 1.47 bits per heavy atom. The van der Waals surface area contributed by atoms with Crippen molar-refractivity contribution in [2.24, 2.45) is 0 Å². The van der Waals surface area contributed by atoms with E-state index >= 15 is 0 Å². The van der Waals surface area contributed by atoms with Crippen LogP contribution in [-0.2, 0) is 14.6 Å². The van der Waals surface area contributed by atoms with Crippen LogP contribution in [0.1, 0.15) is 19.8 Å². The summed E-state index contributed by atoms with van der Waals surface area (Å²) in [7, 11) is -3.06. The molecule has 1 heterocycles. The lowest BCUT2D eigenvalue weighted by atomic mass is 10.1. The van der Waals surface area contributed by atoms with E-state index in [0.29, 0.717) is 18.5 Å². The van der Waals surface area contributed by atoms with Gasteiger partial charge in [-0.3, -0.25) is 4.79 Å². The lowest BCUT2D eigenvalue weighted by molar-refractivity contribution is -0.118. The number of sulfone groups is 1. The molecule has 1 atom stereocenters. The van der Waals surface area contributed by atoms with E-state index in [1.807, 2.05) is 0 Å². The molecule has 1 aromatic carbocycles. The Morgan fingerprint density at radius 3 is 2.74 bits per heavy atom. The summed E-state index contributed by atoms with van der Waals surface area (Å²) in [4.78, 5) is 13.6. The molecular formula is C13H17NO4S. The number of rotatable bonds is 3. The second kappa shape index (κ2) is 5.21. The SMILES string of the molecule is CCC(=O)N(c1cccc(O)c1)C1CCS(=O)(=O)C1. The third-order valence-electron chi connectivity index (χ3n) is 3.25. The van der Waals surface area contributed by atoms with Gasteiger partial charge in [-0.25, -0.2) is 8.42 Å². The minimum absolute atomic E-state index is 0.00556. The van der Waals surface area contributed by atoms with Crippen LogP contribution in [0.4, 0.5) is 5.69 Å². The molecule has 1 aliphatic heterocycles. The minimum Gasteiger partial charge on any atom is -0.508 e. The average Bonchev–Trinajstić information content (AvgIpc) is 2.69. The zero-order chi connectivity index (χ0) is 14.0. The molecule has 0 saturated carbocycles. The van der Waals surface area contributed by atoms with Gasteiger partial charge >= 0.3 is 0 Å². The Morgan fingerprint density at radius 2 is 2.21 bits per heavy atom. The quantitative estimate of drug-likeness (QED) is 0.908. The molecule has 1 amide bonds. The molecule has 5 nitrogen and oxygen atoms in total. The highest BCUT2D eigenvalue weighted by atomic mass is 32.2. The Balaban J connectivity index is 2.35. The molecule has 104 valence electrons. The number of hydrogen-bond acceptors (Lipinski definition) is 4. The van der Waals surface area contributed by atoms with Gasteiger partial charge in [-0.1, -0.05) is 13.0 Å². The Kier molecular flexibility index (Phi) is 3.80. The number of benzene rings is 1. The summed E-state index contributed by atoms with van der Waals surface area (Å²) in [6.45, 7) is 1.74. The molecule has 6 heteroatoms. The van der Waals surface area contributed by atoms with Gasteiger partial charge in [0.15, 0.2) is 9.84 Å². The maximum atomic E-state index is 12.1. The molecule has 1 N–H and O–H groups in total. The van der Waals surface area contributed by atoms with Crippen LogP contribution in [0, 0.1) is 0 Å². The third kappa shape index (κ3) is 3.07. The van der Waals surface area contributed by atoms with Crippen molar-refractivity contribution in [3.8, 4) is 5.75 Å². The second-order valence-corrected chi connectivity index (χ2v) is 6.92. The number of phenols is 1. The highest BCUT2D eigenvalue weighted by Gasteiger charge is 2.35. The molecule has 1 aromatic rings. The summed E-state index contributed by atoms with van der Waals surface area (Å²) < 4.78 is 23.1. The average molecular weight is 283 g/mol. The summed E-state index contributed by atoms with van der Waals surface area (Å²) in [5.41, 5.74) is 0.550. The highest BCUT2D eigenvalue weighted by Crippen LogP contribution is 2.27. The van der Waals surface area contributed by atoms with Gasteiger partial charge in [0.1, 0.15) is 5.75 Å². The fourth-order valence-corrected chi connectivity index (χ4v) is 4.05.